The monoisotopic (exact) mass is 253 g/mol. The van der Waals surface area contributed by atoms with Gasteiger partial charge < -0.3 is 10.0 Å². The third kappa shape index (κ3) is 2.27. The molecule has 5 nitrogen and oxygen atoms in total. The van der Waals surface area contributed by atoms with Gasteiger partial charge in [-0.1, -0.05) is 6.92 Å². The van der Waals surface area contributed by atoms with Crippen LogP contribution in [0.15, 0.2) is 12.4 Å². The number of rotatable bonds is 3. The van der Waals surface area contributed by atoms with Crippen molar-refractivity contribution in [1.29, 1.82) is 0 Å². The Morgan fingerprint density at radius 1 is 1.56 bits per heavy atom. The maximum Gasteiger partial charge on any atom is 0.311 e. The van der Waals surface area contributed by atoms with Gasteiger partial charge in [0.25, 0.3) is 0 Å². The molecule has 1 unspecified atom stereocenters. The molecule has 1 atom stereocenters. The Bertz CT molecular complexity index is 437. The molecule has 0 aromatic carbocycles. The van der Waals surface area contributed by atoms with Crippen LogP contribution in [-0.4, -0.2) is 34.1 Å². The van der Waals surface area contributed by atoms with Crippen LogP contribution in [0.3, 0.4) is 0 Å². The lowest BCUT2D eigenvalue weighted by atomic mass is 9.78. The molecule has 6 heteroatoms. The van der Waals surface area contributed by atoms with Crippen LogP contribution in [0, 0.1) is 11.2 Å². The molecule has 1 saturated heterocycles. The van der Waals surface area contributed by atoms with Crippen molar-refractivity contribution in [2.75, 3.05) is 18.0 Å². The summed E-state index contributed by atoms with van der Waals surface area (Å²) in [5.41, 5.74) is -0.740. The highest BCUT2D eigenvalue weighted by Gasteiger charge is 2.41. The first kappa shape index (κ1) is 12.7. The van der Waals surface area contributed by atoms with Gasteiger partial charge in [0.05, 0.1) is 17.8 Å². The molecule has 1 fully saturated rings. The van der Waals surface area contributed by atoms with Gasteiger partial charge in [0.15, 0.2) is 5.82 Å². The van der Waals surface area contributed by atoms with E-state index in [1.807, 2.05) is 11.8 Å². The predicted octanol–water partition coefficient (Wildman–Crippen LogP) is 1.70. The molecule has 0 saturated carbocycles. The van der Waals surface area contributed by atoms with E-state index in [1.54, 1.807) is 0 Å². The summed E-state index contributed by atoms with van der Waals surface area (Å²) in [6, 6.07) is 0. The highest BCUT2D eigenvalue weighted by molar-refractivity contribution is 5.75. The first-order valence-corrected chi connectivity index (χ1v) is 6.03. The number of anilines is 1. The Morgan fingerprint density at radius 2 is 2.22 bits per heavy atom. The summed E-state index contributed by atoms with van der Waals surface area (Å²) in [5, 5.41) is 9.37. The quantitative estimate of drug-likeness (QED) is 0.888. The summed E-state index contributed by atoms with van der Waals surface area (Å²) in [5.74, 6) is -0.872. The summed E-state index contributed by atoms with van der Waals surface area (Å²) in [6.45, 7) is 2.97. The van der Waals surface area contributed by atoms with Gasteiger partial charge in [0, 0.05) is 13.1 Å². The topological polar surface area (TPSA) is 66.3 Å². The minimum absolute atomic E-state index is 0.379. The van der Waals surface area contributed by atoms with E-state index in [4.69, 9.17) is 0 Å². The van der Waals surface area contributed by atoms with Crippen LogP contribution < -0.4 is 4.90 Å². The fraction of sp³-hybridized carbons (Fsp3) is 0.583. The second kappa shape index (κ2) is 4.88. The average Bonchev–Trinajstić information content (AvgIpc) is 2.39. The molecular weight excluding hydrogens is 237 g/mol. The number of carboxylic acids is 1. The largest absolute Gasteiger partial charge is 0.481 e. The second-order valence-corrected chi connectivity index (χ2v) is 4.67. The van der Waals surface area contributed by atoms with E-state index in [0.717, 1.165) is 18.8 Å². The number of piperidine rings is 1. The molecule has 0 aliphatic carbocycles. The van der Waals surface area contributed by atoms with Crippen molar-refractivity contribution in [3.63, 3.8) is 0 Å². The fourth-order valence-electron chi connectivity index (χ4n) is 2.39. The van der Waals surface area contributed by atoms with Crippen LogP contribution in [0.1, 0.15) is 26.2 Å². The lowest BCUT2D eigenvalue weighted by molar-refractivity contribution is -0.149. The van der Waals surface area contributed by atoms with Gasteiger partial charge in [0.2, 0.25) is 5.95 Å². The molecule has 2 heterocycles. The standard InChI is InChI=1S/C12H16FN3O2/c1-2-12(10(17)18)4-3-5-16(8-12)11-14-6-9(13)7-15-11/h6-7H,2-5,8H2,1H3,(H,17,18). The van der Waals surface area contributed by atoms with Crippen LogP contribution in [0.5, 0.6) is 0 Å². The number of aliphatic carboxylic acids is 1. The first-order valence-electron chi connectivity index (χ1n) is 6.03. The number of hydrogen-bond donors (Lipinski definition) is 1. The van der Waals surface area contributed by atoms with Gasteiger partial charge in [-0.05, 0) is 19.3 Å². The smallest absolute Gasteiger partial charge is 0.311 e. The molecule has 0 spiro atoms. The van der Waals surface area contributed by atoms with Gasteiger partial charge in [0.1, 0.15) is 0 Å². The van der Waals surface area contributed by atoms with Crippen LogP contribution in [0.25, 0.3) is 0 Å². The minimum atomic E-state index is -0.781. The molecular formula is C12H16FN3O2. The van der Waals surface area contributed by atoms with Crippen molar-refractivity contribution in [3.05, 3.63) is 18.2 Å². The third-order valence-electron chi connectivity index (χ3n) is 3.60. The van der Waals surface area contributed by atoms with E-state index in [1.165, 1.54) is 0 Å². The van der Waals surface area contributed by atoms with Crippen molar-refractivity contribution in [3.8, 4) is 0 Å². The maximum absolute atomic E-state index is 12.8. The van der Waals surface area contributed by atoms with Crippen LogP contribution in [-0.2, 0) is 4.79 Å². The Hall–Kier alpha value is -1.72. The molecule has 98 valence electrons. The maximum atomic E-state index is 12.8. The number of nitrogens with zero attached hydrogens (tertiary/aromatic N) is 3. The lowest BCUT2D eigenvalue weighted by Crippen LogP contribution is -2.48. The van der Waals surface area contributed by atoms with Crippen molar-refractivity contribution < 1.29 is 14.3 Å². The predicted molar refractivity (Wildman–Crippen MR) is 63.8 cm³/mol. The van der Waals surface area contributed by atoms with Crippen molar-refractivity contribution in [2.24, 2.45) is 5.41 Å². The van der Waals surface area contributed by atoms with Gasteiger partial charge in [-0.2, -0.15) is 0 Å². The molecule has 1 aromatic rings. The van der Waals surface area contributed by atoms with E-state index in [2.05, 4.69) is 9.97 Å². The number of carbonyl (C=O) groups is 1. The molecule has 18 heavy (non-hydrogen) atoms. The van der Waals surface area contributed by atoms with Crippen LogP contribution in [0.2, 0.25) is 0 Å². The van der Waals surface area contributed by atoms with Crippen LogP contribution in [0.4, 0.5) is 10.3 Å². The molecule has 1 aliphatic heterocycles. The average molecular weight is 253 g/mol. The van der Waals surface area contributed by atoms with Crippen molar-refractivity contribution >= 4 is 11.9 Å². The van der Waals surface area contributed by atoms with E-state index in [9.17, 15) is 14.3 Å². The summed E-state index contributed by atoms with van der Waals surface area (Å²) < 4.78 is 12.8. The lowest BCUT2D eigenvalue weighted by Gasteiger charge is -2.39. The summed E-state index contributed by atoms with van der Waals surface area (Å²) in [6.07, 6.45) is 4.22. The van der Waals surface area contributed by atoms with E-state index in [0.29, 0.717) is 31.9 Å². The Morgan fingerprint density at radius 3 is 2.78 bits per heavy atom. The van der Waals surface area contributed by atoms with Gasteiger partial charge in [-0.3, -0.25) is 4.79 Å². The summed E-state index contributed by atoms with van der Waals surface area (Å²) in [4.78, 5) is 21.0. The van der Waals surface area contributed by atoms with Gasteiger partial charge in [-0.25, -0.2) is 14.4 Å². The SMILES string of the molecule is CCC1(C(=O)O)CCCN(c2ncc(F)cn2)C1. The number of aromatic nitrogens is 2. The number of carboxylic acid groups (broad SMARTS) is 1. The molecule has 1 N–H and O–H groups in total. The second-order valence-electron chi connectivity index (χ2n) is 4.67. The van der Waals surface area contributed by atoms with Crippen molar-refractivity contribution in [2.45, 2.75) is 26.2 Å². The minimum Gasteiger partial charge on any atom is -0.481 e. The molecule has 1 aromatic heterocycles. The molecule has 2 rings (SSSR count). The van der Waals surface area contributed by atoms with E-state index >= 15 is 0 Å². The molecule has 0 bridgehead atoms. The van der Waals surface area contributed by atoms with E-state index < -0.39 is 17.2 Å². The van der Waals surface area contributed by atoms with Gasteiger partial charge in [-0.15, -0.1) is 0 Å². The summed E-state index contributed by atoms with van der Waals surface area (Å²) in [7, 11) is 0. The Balaban J connectivity index is 2.20. The molecule has 1 aliphatic rings. The zero-order chi connectivity index (χ0) is 13.2. The first-order chi connectivity index (χ1) is 8.57. The zero-order valence-electron chi connectivity index (χ0n) is 10.3. The van der Waals surface area contributed by atoms with Crippen LogP contribution >= 0.6 is 0 Å². The van der Waals surface area contributed by atoms with Crippen molar-refractivity contribution in [1.82, 2.24) is 9.97 Å². The number of halogens is 1. The highest BCUT2D eigenvalue weighted by atomic mass is 19.1. The summed E-state index contributed by atoms with van der Waals surface area (Å²) >= 11 is 0. The number of hydrogen-bond acceptors (Lipinski definition) is 4. The third-order valence-corrected chi connectivity index (χ3v) is 3.60. The molecule has 0 radical (unpaired) electrons. The highest BCUT2D eigenvalue weighted by Crippen LogP contribution is 2.34. The Kier molecular flexibility index (Phi) is 3.45. The van der Waals surface area contributed by atoms with E-state index in [-0.39, 0.29) is 0 Å². The zero-order valence-corrected chi connectivity index (χ0v) is 10.3. The normalized spacial score (nSPS) is 24.0. The Labute approximate surface area is 105 Å². The molecule has 0 amide bonds. The fourth-order valence-corrected chi connectivity index (χ4v) is 2.39. The van der Waals surface area contributed by atoms with Gasteiger partial charge >= 0.3 is 5.97 Å².